The van der Waals surface area contributed by atoms with E-state index in [0.717, 1.165) is 6.26 Å². The first-order valence-electron chi connectivity index (χ1n) is 5.88. The molecule has 0 radical (unpaired) electrons. The molecule has 0 aliphatic carbocycles. The zero-order valence-corrected chi connectivity index (χ0v) is 12.0. The van der Waals surface area contributed by atoms with Gasteiger partial charge in [0.05, 0.1) is 12.3 Å². The summed E-state index contributed by atoms with van der Waals surface area (Å²) in [5, 5.41) is 13.2. The minimum absolute atomic E-state index is 0.220. The first kappa shape index (κ1) is 16.9. The largest absolute Gasteiger partial charge is 0.480 e. The lowest BCUT2D eigenvalue weighted by atomic mass is 10.2. The fraction of sp³-hybridized carbons (Fsp3) is 0.600. The van der Waals surface area contributed by atoms with Crippen molar-refractivity contribution in [1.29, 1.82) is 0 Å². The van der Waals surface area contributed by atoms with Crippen molar-refractivity contribution in [3.63, 3.8) is 0 Å². The van der Waals surface area contributed by atoms with Gasteiger partial charge in [-0.1, -0.05) is 0 Å². The molecule has 1 atom stereocenters. The molecule has 0 aromatic heterocycles. The normalized spacial score (nSPS) is 16.5. The Labute approximate surface area is 120 Å². The average molecular weight is 321 g/mol. The highest BCUT2D eigenvalue weighted by molar-refractivity contribution is 7.90. The second-order valence-corrected chi connectivity index (χ2v) is 6.78. The number of sulfone groups is 1. The van der Waals surface area contributed by atoms with Crippen LogP contribution in [0.3, 0.4) is 0 Å². The Morgan fingerprint density at radius 3 is 2.48 bits per heavy atom. The number of hydrogen-bond donors (Lipinski definition) is 3. The summed E-state index contributed by atoms with van der Waals surface area (Å²) >= 11 is 0. The van der Waals surface area contributed by atoms with Crippen LogP contribution in [0.1, 0.15) is 6.42 Å². The molecule has 1 aliphatic heterocycles. The summed E-state index contributed by atoms with van der Waals surface area (Å²) < 4.78 is 22.0. The first-order valence-corrected chi connectivity index (χ1v) is 7.94. The number of rotatable bonds is 7. The van der Waals surface area contributed by atoms with Gasteiger partial charge in [-0.2, -0.15) is 0 Å². The van der Waals surface area contributed by atoms with Gasteiger partial charge in [0, 0.05) is 6.26 Å². The number of imide groups is 1. The highest BCUT2D eigenvalue weighted by Crippen LogP contribution is 2.00. The SMILES string of the molecule is CS(=O)(=O)CCC(NC(=O)CN1C(=O)CNC1=O)C(=O)O. The minimum atomic E-state index is -3.37. The predicted molar refractivity (Wildman–Crippen MR) is 69.0 cm³/mol. The van der Waals surface area contributed by atoms with E-state index in [1.54, 1.807) is 0 Å². The number of amides is 4. The van der Waals surface area contributed by atoms with E-state index in [2.05, 4.69) is 10.6 Å². The fourth-order valence-corrected chi connectivity index (χ4v) is 2.25. The molecule has 10 nitrogen and oxygen atoms in total. The number of carboxylic acid groups (broad SMARTS) is 1. The van der Waals surface area contributed by atoms with Gasteiger partial charge in [-0.25, -0.2) is 18.0 Å². The van der Waals surface area contributed by atoms with Gasteiger partial charge in [0.1, 0.15) is 22.4 Å². The van der Waals surface area contributed by atoms with Crippen molar-refractivity contribution in [3.8, 4) is 0 Å². The third kappa shape index (κ3) is 5.38. The molecule has 4 amide bonds. The van der Waals surface area contributed by atoms with Crippen LogP contribution in [-0.2, 0) is 24.2 Å². The van der Waals surface area contributed by atoms with Crippen LogP contribution in [0.15, 0.2) is 0 Å². The number of nitrogens with zero attached hydrogens (tertiary/aromatic N) is 1. The molecule has 0 saturated carbocycles. The van der Waals surface area contributed by atoms with Gasteiger partial charge >= 0.3 is 12.0 Å². The van der Waals surface area contributed by atoms with Crippen LogP contribution in [-0.4, -0.2) is 73.4 Å². The Morgan fingerprint density at radius 1 is 1.43 bits per heavy atom. The molecule has 1 saturated heterocycles. The van der Waals surface area contributed by atoms with Crippen molar-refractivity contribution in [2.75, 3.05) is 25.1 Å². The third-order valence-electron chi connectivity index (χ3n) is 2.65. The van der Waals surface area contributed by atoms with Crippen LogP contribution < -0.4 is 10.6 Å². The maximum atomic E-state index is 11.6. The van der Waals surface area contributed by atoms with Crippen LogP contribution in [0, 0.1) is 0 Å². The standard InChI is InChI=1S/C10H15N3O7S/c1-21(19,20)3-2-6(9(16)17)12-7(14)5-13-8(15)4-11-10(13)18/h6H,2-5H2,1H3,(H,11,18)(H,12,14)(H,16,17). The van der Waals surface area contributed by atoms with Crippen LogP contribution in [0.25, 0.3) is 0 Å². The second kappa shape index (κ2) is 6.52. The Hall–Kier alpha value is -2.17. The Morgan fingerprint density at radius 2 is 2.05 bits per heavy atom. The van der Waals surface area contributed by atoms with Crippen molar-refractivity contribution in [2.45, 2.75) is 12.5 Å². The van der Waals surface area contributed by atoms with Crippen molar-refractivity contribution < 1.29 is 32.7 Å². The Bertz CT molecular complexity index is 555. The van der Waals surface area contributed by atoms with Crippen LogP contribution in [0.5, 0.6) is 0 Å². The van der Waals surface area contributed by atoms with E-state index in [1.807, 2.05) is 0 Å². The number of aliphatic carboxylic acids is 1. The molecule has 1 aliphatic rings. The fourth-order valence-electron chi connectivity index (χ4n) is 1.59. The summed E-state index contributed by atoms with van der Waals surface area (Å²) in [4.78, 5) is 45.7. The Balaban J connectivity index is 2.58. The molecule has 1 rings (SSSR count). The van der Waals surface area contributed by atoms with E-state index < -0.39 is 52.0 Å². The topological polar surface area (TPSA) is 150 Å². The van der Waals surface area contributed by atoms with Gasteiger partial charge in [-0.3, -0.25) is 14.5 Å². The zero-order chi connectivity index (χ0) is 16.2. The molecular formula is C10H15N3O7S. The van der Waals surface area contributed by atoms with Crippen LogP contribution in [0.4, 0.5) is 4.79 Å². The maximum absolute atomic E-state index is 11.6. The molecule has 0 aromatic carbocycles. The van der Waals surface area contributed by atoms with Crippen molar-refractivity contribution in [2.24, 2.45) is 0 Å². The second-order valence-electron chi connectivity index (χ2n) is 4.52. The molecule has 1 heterocycles. The minimum Gasteiger partial charge on any atom is -0.480 e. The molecule has 0 spiro atoms. The maximum Gasteiger partial charge on any atom is 0.326 e. The summed E-state index contributed by atoms with van der Waals surface area (Å²) in [5.41, 5.74) is 0. The number of nitrogens with one attached hydrogen (secondary N) is 2. The van der Waals surface area contributed by atoms with E-state index in [-0.39, 0.29) is 13.0 Å². The lowest BCUT2D eigenvalue weighted by Crippen LogP contribution is -2.47. The number of carbonyl (C=O) groups excluding carboxylic acids is 3. The van der Waals surface area contributed by atoms with Gasteiger partial charge in [0.15, 0.2) is 0 Å². The number of carbonyl (C=O) groups is 4. The summed E-state index contributed by atoms with van der Waals surface area (Å²) in [6, 6.07) is -2.15. The summed E-state index contributed by atoms with van der Waals surface area (Å²) in [5.74, 6) is -3.27. The smallest absolute Gasteiger partial charge is 0.326 e. The zero-order valence-electron chi connectivity index (χ0n) is 11.2. The molecule has 21 heavy (non-hydrogen) atoms. The van der Waals surface area contributed by atoms with Crippen LogP contribution >= 0.6 is 0 Å². The highest BCUT2D eigenvalue weighted by Gasteiger charge is 2.31. The molecule has 118 valence electrons. The molecule has 11 heteroatoms. The molecule has 3 N–H and O–H groups in total. The van der Waals surface area contributed by atoms with Gasteiger partial charge in [-0.15, -0.1) is 0 Å². The lowest BCUT2D eigenvalue weighted by molar-refractivity contribution is -0.142. The molecule has 0 bridgehead atoms. The molecule has 0 aromatic rings. The lowest BCUT2D eigenvalue weighted by Gasteiger charge is -2.16. The molecule has 1 fully saturated rings. The third-order valence-corrected chi connectivity index (χ3v) is 3.63. The van der Waals surface area contributed by atoms with Crippen molar-refractivity contribution >= 4 is 33.7 Å². The molecule has 1 unspecified atom stereocenters. The monoisotopic (exact) mass is 321 g/mol. The van der Waals surface area contributed by atoms with Gasteiger partial charge in [0.2, 0.25) is 5.91 Å². The van der Waals surface area contributed by atoms with E-state index >= 15 is 0 Å². The van der Waals surface area contributed by atoms with Gasteiger partial charge in [-0.05, 0) is 6.42 Å². The van der Waals surface area contributed by atoms with Gasteiger partial charge in [0.25, 0.3) is 5.91 Å². The van der Waals surface area contributed by atoms with Crippen molar-refractivity contribution in [3.05, 3.63) is 0 Å². The predicted octanol–water partition coefficient (Wildman–Crippen LogP) is -2.46. The molecular weight excluding hydrogens is 306 g/mol. The van der Waals surface area contributed by atoms with Crippen molar-refractivity contribution in [1.82, 2.24) is 15.5 Å². The van der Waals surface area contributed by atoms with E-state index in [4.69, 9.17) is 5.11 Å². The number of urea groups is 1. The quantitative estimate of drug-likeness (QED) is 0.440. The average Bonchev–Trinajstić information content (AvgIpc) is 2.64. The highest BCUT2D eigenvalue weighted by atomic mass is 32.2. The summed E-state index contributed by atoms with van der Waals surface area (Å²) in [6.45, 7) is -0.837. The van der Waals surface area contributed by atoms with E-state index in [9.17, 15) is 27.6 Å². The van der Waals surface area contributed by atoms with E-state index in [1.165, 1.54) is 0 Å². The summed E-state index contributed by atoms with van der Waals surface area (Å²) in [6.07, 6.45) is 0.640. The van der Waals surface area contributed by atoms with E-state index in [0.29, 0.717) is 4.90 Å². The Kier molecular flexibility index (Phi) is 5.24. The number of hydrogen-bond acceptors (Lipinski definition) is 6. The van der Waals surface area contributed by atoms with Gasteiger partial charge < -0.3 is 15.7 Å². The van der Waals surface area contributed by atoms with Crippen LogP contribution in [0.2, 0.25) is 0 Å². The summed E-state index contributed by atoms with van der Waals surface area (Å²) in [7, 11) is -3.37. The number of carboxylic acids is 1. The first-order chi connectivity index (χ1) is 9.60.